The predicted octanol–water partition coefficient (Wildman–Crippen LogP) is 2.90. The van der Waals surface area contributed by atoms with Crippen molar-refractivity contribution in [2.45, 2.75) is 25.7 Å². The second-order valence-electron chi connectivity index (χ2n) is 5.23. The summed E-state index contributed by atoms with van der Waals surface area (Å²) < 4.78 is 16.8. The van der Waals surface area contributed by atoms with Gasteiger partial charge in [0.05, 0.1) is 18.1 Å². The van der Waals surface area contributed by atoms with Gasteiger partial charge in [-0.3, -0.25) is 4.79 Å². The van der Waals surface area contributed by atoms with Gasteiger partial charge in [-0.25, -0.2) is 4.98 Å². The number of hydrogen-bond acceptors (Lipinski definition) is 6. The molecule has 0 atom stereocenters. The fraction of sp³-hybridized carbons (Fsp3) is 0.375. The van der Waals surface area contributed by atoms with Gasteiger partial charge >= 0.3 is 0 Å². The first-order valence-corrected chi connectivity index (χ1v) is 8.08. The molecule has 2 heterocycles. The molecule has 0 unspecified atom stereocenters. The Bertz CT molecular complexity index is 706. The molecule has 0 radical (unpaired) electrons. The van der Waals surface area contributed by atoms with Crippen molar-refractivity contribution in [2.24, 2.45) is 0 Å². The minimum absolute atomic E-state index is 0.205. The van der Waals surface area contributed by atoms with E-state index in [0.29, 0.717) is 26.2 Å². The van der Waals surface area contributed by atoms with Gasteiger partial charge in [0.25, 0.3) is 0 Å². The summed E-state index contributed by atoms with van der Waals surface area (Å²) in [5.74, 6) is 1.00. The van der Waals surface area contributed by atoms with Crippen molar-refractivity contribution in [3.8, 4) is 5.75 Å². The molecule has 2 aromatic rings. The molecule has 114 valence electrons. The summed E-state index contributed by atoms with van der Waals surface area (Å²) in [4.78, 5) is 17.1. The van der Waals surface area contributed by atoms with Crippen LogP contribution in [0.4, 0.5) is 0 Å². The molecule has 0 bridgehead atoms. The fourth-order valence-electron chi connectivity index (χ4n) is 2.74. The summed E-state index contributed by atoms with van der Waals surface area (Å²) in [6, 6.07) is 5.66. The average Bonchev–Trinajstić information content (AvgIpc) is 3.26. The van der Waals surface area contributed by atoms with Gasteiger partial charge in [0.1, 0.15) is 17.4 Å². The summed E-state index contributed by atoms with van der Waals surface area (Å²) in [6.45, 7) is 1.66. The van der Waals surface area contributed by atoms with Gasteiger partial charge in [-0.1, -0.05) is 12.1 Å². The van der Waals surface area contributed by atoms with Crippen LogP contribution in [-0.2, 0) is 22.5 Å². The number of thiazole rings is 1. The van der Waals surface area contributed by atoms with Crippen LogP contribution in [0.1, 0.15) is 38.5 Å². The summed E-state index contributed by atoms with van der Waals surface area (Å²) in [7, 11) is 0. The summed E-state index contributed by atoms with van der Waals surface area (Å²) in [5.41, 5.74) is 1.83. The second kappa shape index (κ2) is 5.79. The molecule has 5 nitrogen and oxygen atoms in total. The third kappa shape index (κ3) is 2.54. The van der Waals surface area contributed by atoms with Gasteiger partial charge < -0.3 is 14.2 Å². The lowest BCUT2D eigenvalue weighted by atomic mass is 10.1. The molecule has 6 heteroatoms. The van der Waals surface area contributed by atoms with Crippen LogP contribution in [0.3, 0.4) is 0 Å². The molecule has 1 aromatic carbocycles. The zero-order chi connectivity index (χ0) is 14.9. The maximum atomic E-state index is 11.8. The predicted molar refractivity (Wildman–Crippen MR) is 80.2 cm³/mol. The smallest absolute Gasteiger partial charge is 0.211 e. The number of rotatable bonds is 4. The van der Waals surface area contributed by atoms with Crippen LogP contribution in [0, 0.1) is 0 Å². The van der Waals surface area contributed by atoms with E-state index in [4.69, 9.17) is 14.2 Å². The lowest BCUT2D eigenvalue weighted by molar-refractivity contribution is -0.0442. The van der Waals surface area contributed by atoms with Crippen molar-refractivity contribution in [3.63, 3.8) is 0 Å². The molecule has 1 aromatic heterocycles. The average molecular weight is 317 g/mol. The highest BCUT2D eigenvalue weighted by molar-refractivity contribution is 7.11. The molecule has 0 spiro atoms. The van der Waals surface area contributed by atoms with Crippen molar-refractivity contribution >= 4 is 17.1 Å². The van der Waals surface area contributed by atoms with Crippen LogP contribution in [0.15, 0.2) is 24.4 Å². The molecule has 0 amide bonds. The molecule has 1 aliphatic carbocycles. The molecule has 1 aliphatic heterocycles. The number of carbonyl (C=O) groups excluding carboxylic acids is 1. The maximum absolute atomic E-state index is 11.8. The zero-order valence-corrected chi connectivity index (χ0v) is 12.7. The maximum Gasteiger partial charge on any atom is 0.211 e. The largest absolute Gasteiger partial charge is 0.488 e. The van der Waals surface area contributed by atoms with Crippen molar-refractivity contribution < 1.29 is 19.0 Å². The third-order valence-electron chi connectivity index (χ3n) is 3.80. The molecule has 0 saturated carbocycles. The van der Waals surface area contributed by atoms with Crippen molar-refractivity contribution in [1.29, 1.82) is 0 Å². The highest BCUT2D eigenvalue weighted by Gasteiger charge is 2.24. The van der Waals surface area contributed by atoms with E-state index in [2.05, 4.69) is 4.98 Å². The summed E-state index contributed by atoms with van der Waals surface area (Å²) in [6.07, 6.45) is 2.80. The van der Waals surface area contributed by atoms with Crippen LogP contribution in [-0.4, -0.2) is 24.0 Å². The van der Waals surface area contributed by atoms with E-state index in [9.17, 15) is 4.79 Å². The number of ketones is 1. The number of ether oxygens (including phenoxy) is 3. The number of aromatic nitrogens is 1. The SMILES string of the molecule is O=C1CCc2c(OCc3cnc(C4OCCO4)s3)cccc21. The molecular formula is C16H15NO4S. The van der Waals surface area contributed by atoms with E-state index in [1.165, 1.54) is 11.3 Å². The first-order valence-electron chi connectivity index (χ1n) is 7.27. The third-order valence-corrected chi connectivity index (χ3v) is 4.79. The van der Waals surface area contributed by atoms with Crippen LogP contribution < -0.4 is 4.74 Å². The lowest BCUT2D eigenvalue weighted by Crippen LogP contribution is -1.98. The normalized spacial score (nSPS) is 17.9. The van der Waals surface area contributed by atoms with Gasteiger partial charge in [0.2, 0.25) is 6.29 Å². The number of nitrogens with zero attached hydrogens (tertiary/aromatic N) is 1. The molecule has 22 heavy (non-hydrogen) atoms. The van der Waals surface area contributed by atoms with Crippen LogP contribution in [0.2, 0.25) is 0 Å². The molecule has 1 fully saturated rings. The second-order valence-corrected chi connectivity index (χ2v) is 6.38. The quantitative estimate of drug-likeness (QED) is 0.868. The summed E-state index contributed by atoms with van der Waals surface area (Å²) in [5, 5.41) is 0.824. The van der Waals surface area contributed by atoms with Crippen molar-refractivity contribution in [3.05, 3.63) is 45.4 Å². The number of fused-ring (bicyclic) bond motifs is 1. The van der Waals surface area contributed by atoms with Crippen molar-refractivity contribution in [2.75, 3.05) is 13.2 Å². The lowest BCUT2D eigenvalue weighted by Gasteiger charge is -2.09. The Hall–Kier alpha value is -1.76. The standard InChI is InChI=1S/C16H15NO4S/c18-13-5-4-12-11(13)2-1-3-14(12)21-9-10-8-17-15(22-10)16-19-6-7-20-16/h1-3,8,16H,4-7,9H2. The topological polar surface area (TPSA) is 57.7 Å². The zero-order valence-electron chi connectivity index (χ0n) is 11.9. The number of hydrogen-bond donors (Lipinski definition) is 0. The highest BCUT2D eigenvalue weighted by Crippen LogP contribution is 2.32. The van der Waals surface area contributed by atoms with E-state index < -0.39 is 0 Å². The van der Waals surface area contributed by atoms with Crippen LogP contribution in [0.25, 0.3) is 0 Å². The van der Waals surface area contributed by atoms with E-state index in [1.54, 1.807) is 6.20 Å². The highest BCUT2D eigenvalue weighted by atomic mass is 32.1. The first-order chi connectivity index (χ1) is 10.8. The molecule has 0 N–H and O–H groups in total. The number of Topliss-reactive ketones (excluding diaryl/α,β-unsaturated/α-hetero) is 1. The van der Waals surface area contributed by atoms with E-state index in [1.807, 2.05) is 18.2 Å². The number of carbonyl (C=O) groups is 1. The Morgan fingerprint density at radius 3 is 3.00 bits per heavy atom. The minimum Gasteiger partial charge on any atom is -0.488 e. The van der Waals surface area contributed by atoms with Gasteiger partial charge in [-0.05, 0) is 12.5 Å². The van der Waals surface area contributed by atoms with E-state index in [0.717, 1.165) is 33.2 Å². The van der Waals surface area contributed by atoms with Crippen molar-refractivity contribution in [1.82, 2.24) is 4.98 Å². The fourth-order valence-corrected chi connectivity index (χ4v) is 3.57. The van der Waals surface area contributed by atoms with Gasteiger partial charge in [0.15, 0.2) is 5.78 Å². The van der Waals surface area contributed by atoms with Crippen LogP contribution in [0.5, 0.6) is 5.75 Å². The van der Waals surface area contributed by atoms with Gasteiger partial charge in [-0.2, -0.15) is 0 Å². The Morgan fingerprint density at radius 1 is 1.27 bits per heavy atom. The minimum atomic E-state index is -0.336. The van der Waals surface area contributed by atoms with Gasteiger partial charge in [-0.15, -0.1) is 11.3 Å². The Kier molecular flexibility index (Phi) is 3.65. The Balaban J connectivity index is 1.46. The van der Waals surface area contributed by atoms with Gasteiger partial charge in [0, 0.05) is 23.7 Å². The summed E-state index contributed by atoms with van der Waals surface area (Å²) >= 11 is 1.53. The monoisotopic (exact) mass is 317 g/mol. The Labute approximate surface area is 131 Å². The number of benzene rings is 1. The Morgan fingerprint density at radius 2 is 2.14 bits per heavy atom. The molecular weight excluding hydrogens is 302 g/mol. The molecule has 4 rings (SSSR count). The molecule has 1 saturated heterocycles. The van der Waals surface area contributed by atoms with E-state index >= 15 is 0 Å². The van der Waals surface area contributed by atoms with E-state index in [-0.39, 0.29) is 12.1 Å². The molecule has 2 aliphatic rings. The first kappa shape index (κ1) is 13.9. The van der Waals surface area contributed by atoms with Crippen LogP contribution >= 0.6 is 11.3 Å².